The van der Waals surface area contributed by atoms with Crippen LogP contribution in [0.1, 0.15) is 35.3 Å². The molecule has 1 saturated heterocycles. The van der Waals surface area contributed by atoms with E-state index in [1.807, 2.05) is 12.1 Å². The number of nitrogens with zero attached hydrogens (tertiary/aromatic N) is 2. The minimum Gasteiger partial charge on any atom is -0.664 e. The molecule has 1 heterocycles. The third-order valence-corrected chi connectivity index (χ3v) is 5.51. The second-order valence-electron chi connectivity index (χ2n) is 7.18. The Kier molecular flexibility index (Phi) is 8.54. The molecule has 2 aromatic rings. The first kappa shape index (κ1) is 22.6. The molecule has 1 aliphatic heterocycles. The van der Waals surface area contributed by atoms with E-state index < -0.39 is 5.91 Å². The normalized spacial score (nSPS) is 18.0. The van der Waals surface area contributed by atoms with Crippen molar-refractivity contribution < 1.29 is 46.1 Å². The van der Waals surface area contributed by atoms with Gasteiger partial charge in [0.25, 0.3) is 0 Å². The SMILES string of the molecule is C[C@H]1CCN(C[C@H](c2ccccc2)N(C)c2ccc(C([NH-])=O)c(Cl)c2)C1.[Pr]. The molecule has 0 aliphatic carbocycles. The van der Waals surface area contributed by atoms with E-state index in [9.17, 15) is 4.79 Å². The van der Waals surface area contributed by atoms with Crippen molar-refractivity contribution in [1.82, 2.24) is 4.90 Å². The van der Waals surface area contributed by atoms with Crippen LogP contribution >= 0.6 is 11.6 Å². The average molecular weight is 512 g/mol. The first-order chi connectivity index (χ1) is 12.5. The zero-order valence-electron chi connectivity index (χ0n) is 15.9. The summed E-state index contributed by atoms with van der Waals surface area (Å²) in [4.78, 5) is 16.1. The van der Waals surface area contributed by atoms with Crippen LogP contribution in [0.15, 0.2) is 48.5 Å². The van der Waals surface area contributed by atoms with Gasteiger partial charge in [-0.1, -0.05) is 48.9 Å². The monoisotopic (exact) mass is 511 g/mol. The zero-order chi connectivity index (χ0) is 18.7. The average Bonchev–Trinajstić information content (AvgIpc) is 3.04. The topological polar surface area (TPSA) is 47.4 Å². The number of rotatable bonds is 6. The molecule has 1 fully saturated rings. The van der Waals surface area contributed by atoms with Crippen LogP contribution in [0.3, 0.4) is 0 Å². The van der Waals surface area contributed by atoms with Gasteiger partial charge in [0.1, 0.15) is 0 Å². The fourth-order valence-corrected chi connectivity index (χ4v) is 3.91. The predicted octanol–water partition coefficient (Wildman–Crippen LogP) is 5.05. The smallest absolute Gasteiger partial charge is 0.0811 e. The van der Waals surface area contributed by atoms with E-state index >= 15 is 0 Å². The number of nitrogens with one attached hydrogen (secondary N) is 1. The van der Waals surface area contributed by atoms with Crippen LogP contribution in [-0.2, 0) is 0 Å². The van der Waals surface area contributed by atoms with Crippen LogP contribution in [-0.4, -0.2) is 37.5 Å². The first-order valence-corrected chi connectivity index (χ1v) is 9.39. The number of carbonyl (C=O) groups excluding carboxylic acids is 1. The molecule has 1 N–H and O–H groups in total. The van der Waals surface area contributed by atoms with E-state index in [0.29, 0.717) is 5.02 Å². The maximum Gasteiger partial charge on any atom is 0.0811 e. The minimum absolute atomic E-state index is 0. The van der Waals surface area contributed by atoms with E-state index in [-0.39, 0.29) is 52.9 Å². The molecular weight excluding hydrogens is 487 g/mol. The molecule has 1 amide bonds. The molecule has 0 aromatic heterocycles. The van der Waals surface area contributed by atoms with Crippen LogP contribution in [0, 0.1) is 47.2 Å². The molecule has 0 spiro atoms. The van der Waals surface area contributed by atoms with Crippen LogP contribution < -0.4 is 4.90 Å². The van der Waals surface area contributed by atoms with Gasteiger partial charge >= 0.3 is 0 Å². The molecule has 141 valence electrons. The fourth-order valence-electron chi connectivity index (χ4n) is 3.65. The molecule has 2 aromatic carbocycles. The van der Waals surface area contributed by atoms with Crippen molar-refractivity contribution in [2.24, 2.45) is 5.92 Å². The van der Waals surface area contributed by atoms with Gasteiger partial charge in [0.05, 0.1) is 17.0 Å². The van der Waals surface area contributed by atoms with Crippen molar-refractivity contribution in [3.8, 4) is 0 Å². The molecule has 1 radical (unpaired) electrons. The van der Waals surface area contributed by atoms with Crippen molar-refractivity contribution in [1.29, 1.82) is 0 Å². The predicted molar refractivity (Wildman–Crippen MR) is 108 cm³/mol. The maximum atomic E-state index is 11.3. The number of carbonyl (C=O) groups is 1. The third-order valence-electron chi connectivity index (χ3n) is 5.20. The number of amides is 1. The minimum atomic E-state index is -0.755. The van der Waals surface area contributed by atoms with Gasteiger partial charge in [-0.3, -0.25) is 0 Å². The van der Waals surface area contributed by atoms with Crippen molar-refractivity contribution in [3.05, 3.63) is 70.4 Å². The van der Waals surface area contributed by atoms with Gasteiger partial charge in [0.2, 0.25) is 0 Å². The summed E-state index contributed by atoms with van der Waals surface area (Å²) in [5, 5.41) is 0.330. The fraction of sp³-hybridized carbons (Fsp3) is 0.381. The zero-order valence-corrected chi connectivity index (χ0v) is 20.3. The van der Waals surface area contributed by atoms with Crippen molar-refractivity contribution in [2.45, 2.75) is 19.4 Å². The quantitative estimate of drug-likeness (QED) is 0.545. The first-order valence-electron chi connectivity index (χ1n) is 9.01. The summed E-state index contributed by atoms with van der Waals surface area (Å²) in [6, 6.07) is 16.0. The number of hydrogen-bond acceptors (Lipinski definition) is 3. The van der Waals surface area contributed by atoms with Crippen LogP contribution in [0.5, 0.6) is 0 Å². The molecule has 3 rings (SSSR count). The molecule has 0 unspecified atom stereocenters. The van der Waals surface area contributed by atoms with Gasteiger partial charge in [-0.25, -0.2) is 0 Å². The van der Waals surface area contributed by atoms with Gasteiger partial charge < -0.3 is 20.3 Å². The van der Waals surface area contributed by atoms with Crippen LogP contribution in [0.25, 0.3) is 5.73 Å². The number of likely N-dealkylation sites (tertiary alicyclic amines) is 1. The molecular formula is C21H25ClN3OPr-. The summed E-state index contributed by atoms with van der Waals surface area (Å²) >= 11 is 6.23. The Balaban J connectivity index is 0.00000261. The summed E-state index contributed by atoms with van der Waals surface area (Å²) in [7, 11) is 2.06. The van der Waals surface area contributed by atoms with Gasteiger partial charge in [-0.05, 0) is 42.6 Å². The maximum absolute atomic E-state index is 11.3. The van der Waals surface area contributed by atoms with E-state index in [4.69, 9.17) is 17.3 Å². The standard InChI is InChI=1S/C21H26ClN3O.Pr/c1-15-10-11-25(13-15)14-20(16-6-4-3-5-7-16)24(2)17-8-9-18(21(23)26)19(22)12-17;/h3-9,12,15,20H,10-11,13-14H2,1-2H3,(H2,23,26);/p-1/t15-,20+;/m0./s1. The molecule has 2 atom stereocenters. The molecule has 0 bridgehead atoms. The molecule has 27 heavy (non-hydrogen) atoms. The third kappa shape index (κ3) is 5.66. The Hall–Kier alpha value is -0.676. The largest absolute Gasteiger partial charge is 0.664 e. The second kappa shape index (κ2) is 10.2. The van der Waals surface area contributed by atoms with Crippen molar-refractivity contribution in [2.75, 3.05) is 31.6 Å². The number of benzene rings is 2. The summed E-state index contributed by atoms with van der Waals surface area (Å²) in [5.74, 6) is -0.0107. The number of likely N-dealkylation sites (N-methyl/N-ethyl adjacent to an activating group) is 1. The van der Waals surface area contributed by atoms with Crippen molar-refractivity contribution in [3.63, 3.8) is 0 Å². The van der Waals surface area contributed by atoms with E-state index in [0.717, 1.165) is 31.2 Å². The number of anilines is 1. The van der Waals surface area contributed by atoms with Crippen LogP contribution in [0.4, 0.5) is 5.69 Å². The Morgan fingerprint density at radius 3 is 2.56 bits per heavy atom. The molecule has 1 aliphatic rings. The van der Waals surface area contributed by atoms with Gasteiger partial charge in [-0.15, -0.1) is 0 Å². The summed E-state index contributed by atoms with van der Waals surface area (Å²) in [6.07, 6.45) is 1.25. The molecule has 0 saturated carbocycles. The number of halogens is 1. The number of hydrogen-bond donors (Lipinski definition) is 0. The van der Waals surface area contributed by atoms with Gasteiger partial charge in [0.15, 0.2) is 0 Å². The van der Waals surface area contributed by atoms with E-state index in [1.54, 1.807) is 12.1 Å². The summed E-state index contributed by atoms with van der Waals surface area (Å²) in [5.41, 5.74) is 9.73. The van der Waals surface area contributed by atoms with Crippen molar-refractivity contribution >= 4 is 23.2 Å². The Bertz CT molecular complexity index is 771. The molecule has 4 nitrogen and oxygen atoms in total. The second-order valence-corrected chi connectivity index (χ2v) is 7.59. The van der Waals surface area contributed by atoms with Gasteiger partial charge in [0, 0.05) is 72.7 Å². The van der Waals surface area contributed by atoms with E-state index in [2.05, 4.69) is 48.0 Å². The Morgan fingerprint density at radius 1 is 1.30 bits per heavy atom. The molecule has 6 heteroatoms. The van der Waals surface area contributed by atoms with E-state index in [1.165, 1.54) is 12.0 Å². The Morgan fingerprint density at radius 2 is 2.00 bits per heavy atom. The summed E-state index contributed by atoms with van der Waals surface area (Å²) in [6.45, 7) is 5.51. The summed E-state index contributed by atoms with van der Waals surface area (Å²) < 4.78 is 0. The van der Waals surface area contributed by atoms with Gasteiger partial charge in [-0.2, -0.15) is 0 Å². The van der Waals surface area contributed by atoms with Crippen LogP contribution in [0.2, 0.25) is 5.02 Å². The Labute approximate surface area is 200 Å².